The molecule has 0 aliphatic carbocycles. The summed E-state index contributed by atoms with van der Waals surface area (Å²) in [7, 11) is 1.81. The number of aromatic nitrogens is 2. The zero-order valence-electron chi connectivity index (χ0n) is 11.5. The minimum Gasteiger partial charge on any atom is -0.364 e. The molecule has 19 heavy (non-hydrogen) atoms. The van der Waals surface area contributed by atoms with E-state index >= 15 is 0 Å². The Morgan fingerprint density at radius 3 is 2.68 bits per heavy atom. The van der Waals surface area contributed by atoms with Crippen molar-refractivity contribution >= 4 is 24.1 Å². The molecule has 108 valence electrons. The molecule has 1 aliphatic rings. The van der Waals surface area contributed by atoms with E-state index in [4.69, 9.17) is 10.5 Å². The third-order valence-corrected chi connectivity index (χ3v) is 3.43. The van der Waals surface area contributed by atoms with E-state index in [-0.39, 0.29) is 24.4 Å². The number of aryl methyl sites for hydroxylation is 2. The molecular formula is C12H21ClN4O2. The van der Waals surface area contributed by atoms with E-state index in [1.165, 1.54) is 0 Å². The second-order valence-electron chi connectivity index (χ2n) is 4.73. The Labute approximate surface area is 119 Å². The molecule has 1 saturated heterocycles. The topological polar surface area (TPSA) is 82.2 Å². The van der Waals surface area contributed by atoms with Gasteiger partial charge in [0.1, 0.15) is 11.9 Å². The highest BCUT2D eigenvalue weighted by Gasteiger charge is 2.30. The first-order chi connectivity index (χ1) is 8.52. The molecule has 2 atom stereocenters. The van der Waals surface area contributed by atoms with E-state index in [0.717, 1.165) is 29.9 Å². The predicted molar refractivity (Wildman–Crippen MR) is 75.5 cm³/mol. The maximum atomic E-state index is 12.1. The smallest absolute Gasteiger partial charge is 0.254 e. The third-order valence-electron chi connectivity index (χ3n) is 3.43. The standard InChI is InChI=1S/C12H20N4O2.ClH/c1-7-8(2)15-16(3)11(7)14-12(17)10-5-4-9(6-13)18-10;/h9-10H,4-6,13H2,1-3H3,(H,14,17);1H/t9-,10+;/m1./s1. The third kappa shape index (κ3) is 3.26. The van der Waals surface area contributed by atoms with Crippen LogP contribution in [-0.2, 0) is 16.6 Å². The van der Waals surface area contributed by atoms with Crippen molar-refractivity contribution in [1.82, 2.24) is 9.78 Å². The number of hydrogen-bond acceptors (Lipinski definition) is 4. The van der Waals surface area contributed by atoms with Crippen LogP contribution in [0.5, 0.6) is 0 Å². The highest BCUT2D eigenvalue weighted by molar-refractivity contribution is 5.94. The molecule has 2 heterocycles. The first kappa shape index (κ1) is 15.9. The molecule has 0 aromatic carbocycles. The quantitative estimate of drug-likeness (QED) is 0.866. The van der Waals surface area contributed by atoms with Crippen LogP contribution < -0.4 is 11.1 Å². The van der Waals surface area contributed by atoms with Gasteiger partial charge in [-0.25, -0.2) is 0 Å². The number of halogens is 1. The van der Waals surface area contributed by atoms with Crippen LogP contribution in [0, 0.1) is 13.8 Å². The van der Waals surface area contributed by atoms with Gasteiger partial charge in [-0.2, -0.15) is 5.10 Å². The first-order valence-corrected chi connectivity index (χ1v) is 6.19. The fourth-order valence-electron chi connectivity index (χ4n) is 2.21. The van der Waals surface area contributed by atoms with Gasteiger partial charge in [-0.3, -0.25) is 9.48 Å². The Balaban J connectivity index is 0.00000180. The van der Waals surface area contributed by atoms with Gasteiger partial charge < -0.3 is 15.8 Å². The lowest BCUT2D eigenvalue weighted by molar-refractivity contribution is -0.126. The van der Waals surface area contributed by atoms with Crippen LogP contribution in [0.25, 0.3) is 0 Å². The number of nitrogens with one attached hydrogen (secondary N) is 1. The number of anilines is 1. The van der Waals surface area contributed by atoms with Crippen molar-refractivity contribution in [2.45, 2.75) is 38.9 Å². The van der Waals surface area contributed by atoms with Crippen LogP contribution in [-0.4, -0.2) is 34.4 Å². The van der Waals surface area contributed by atoms with Crippen molar-refractivity contribution < 1.29 is 9.53 Å². The largest absolute Gasteiger partial charge is 0.364 e. The van der Waals surface area contributed by atoms with E-state index in [0.29, 0.717) is 6.54 Å². The van der Waals surface area contributed by atoms with Gasteiger partial charge in [0.2, 0.25) is 0 Å². The van der Waals surface area contributed by atoms with Crippen molar-refractivity contribution in [3.8, 4) is 0 Å². The first-order valence-electron chi connectivity index (χ1n) is 6.19. The van der Waals surface area contributed by atoms with Crippen LogP contribution in [0.2, 0.25) is 0 Å². The van der Waals surface area contributed by atoms with Gasteiger partial charge in [0.15, 0.2) is 0 Å². The van der Waals surface area contributed by atoms with Crippen LogP contribution in [0.15, 0.2) is 0 Å². The summed E-state index contributed by atoms with van der Waals surface area (Å²) in [5.41, 5.74) is 7.43. The summed E-state index contributed by atoms with van der Waals surface area (Å²) >= 11 is 0. The van der Waals surface area contributed by atoms with Gasteiger partial charge in [-0.1, -0.05) is 0 Å². The number of amides is 1. The molecular weight excluding hydrogens is 268 g/mol. The zero-order chi connectivity index (χ0) is 13.3. The molecule has 2 rings (SSSR count). The Morgan fingerprint density at radius 2 is 2.21 bits per heavy atom. The lowest BCUT2D eigenvalue weighted by Gasteiger charge is -2.13. The fraction of sp³-hybridized carbons (Fsp3) is 0.667. The molecule has 0 unspecified atom stereocenters. The minimum atomic E-state index is -0.395. The highest BCUT2D eigenvalue weighted by atomic mass is 35.5. The number of nitrogens with two attached hydrogens (primary N) is 1. The molecule has 3 N–H and O–H groups in total. The summed E-state index contributed by atoms with van der Waals surface area (Å²) in [5.74, 6) is 0.620. The monoisotopic (exact) mass is 288 g/mol. The average molecular weight is 289 g/mol. The van der Waals surface area contributed by atoms with Gasteiger partial charge in [-0.05, 0) is 26.7 Å². The second-order valence-corrected chi connectivity index (χ2v) is 4.73. The highest BCUT2D eigenvalue weighted by Crippen LogP contribution is 2.22. The molecule has 0 radical (unpaired) electrons. The van der Waals surface area contributed by atoms with Crippen LogP contribution in [0.4, 0.5) is 5.82 Å². The predicted octanol–water partition coefficient (Wildman–Crippen LogP) is 0.904. The average Bonchev–Trinajstić information content (AvgIpc) is 2.90. The minimum absolute atomic E-state index is 0. The van der Waals surface area contributed by atoms with E-state index < -0.39 is 6.10 Å². The van der Waals surface area contributed by atoms with Crippen molar-refractivity contribution in [2.75, 3.05) is 11.9 Å². The van der Waals surface area contributed by atoms with E-state index in [2.05, 4.69) is 10.4 Å². The summed E-state index contributed by atoms with van der Waals surface area (Å²) in [6, 6.07) is 0. The summed E-state index contributed by atoms with van der Waals surface area (Å²) in [6.45, 7) is 4.32. The number of nitrogens with zero attached hydrogens (tertiary/aromatic N) is 2. The Bertz CT molecular complexity index is 461. The van der Waals surface area contributed by atoms with Crippen molar-refractivity contribution in [3.05, 3.63) is 11.3 Å². The zero-order valence-corrected chi connectivity index (χ0v) is 12.3. The fourth-order valence-corrected chi connectivity index (χ4v) is 2.21. The van der Waals surface area contributed by atoms with Crippen molar-refractivity contribution in [1.29, 1.82) is 0 Å². The Kier molecular flexibility index (Phi) is 5.34. The van der Waals surface area contributed by atoms with Crippen LogP contribution >= 0.6 is 12.4 Å². The number of rotatable bonds is 3. The number of carbonyl (C=O) groups is 1. The van der Waals surface area contributed by atoms with Crippen molar-refractivity contribution in [2.24, 2.45) is 12.8 Å². The Morgan fingerprint density at radius 1 is 1.53 bits per heavy atom. The van der Waals surface area contributed by atoms with Gasteiger partial charge in [0.05, 0.1) is 11.8 Å². The van der Waals surface area contributed by atoms with Crippen LogP contribution in [0.3, 0.4) is 0 Å². The van der Waals surface area contributed by atoms with Gasteiger partial charge >= 0.3 is 0 Å². The van der Waals surface area contributed by atoms with E-state index in [9.17, 15) is 4.79 Å². The number of ether oxygens (including phenoxy) is 1. The van der Waals surface area contributed by atoms with Gasteiger partial charge in [-0.15, -0.1) is 12.4 Å². The maximum absolute atomic E-state index is 12.1. The normalized spacial score (nSPS) is 22.1. The molecule has 0 saturated carbocycles. The molecule has 0 bridgehead atoms. The summed E-state index contributed by atoms with van der Waals surface area (Å²) in [5, 5.41) is 7.14. The lowest BCUT2D eigenvalue weighted by atomic mass is 10.2. The molecule has 1 aromatic rings. The molecule has 7 heteroatoms. The lowest BCUT2D eigenvalue weighted by Crippen LogP contribution is -2.30. The van der Waals surface area contributed by atoms with E-state index in [1.807, 2.05) is 20.9 Å². The SMILES string of the molecule is Cc1nn(C)c(NC(=O)[C@@H]2CC[C@H](CN)O2)c1C.Cl. The summed E-state index contributed by atoms with van der Waals surface area (Å²) < 4.78 is 7.24. The number of hydrogen-bond donors (Lipinski definition) is 2. The molecule has 1 aromatic heterocycles. The van der Waals surface area contributed by atoms with Gasteiger partial charge in [0, 0.05) is 19.2 Å². The van der Waals surface area contributed by atoms with Crippen LogP contribution in [0.1, 0.15) is 24.1 Å². The maximum Gasteiger partial charge on any atom is 0.254 e. The summed E-state index contributed by atoms with van der Waals surface area (Å²) in [4.78, 5) is 12.1. The number of carbonyl (C=O) groups excluding carboxylic acids is 1. The molecule has 1 aliphatic heterocycles. The summed E-state index contributed by atoms with van der Waals surface area (Å²) in [6.07, 6.45) is 1.19. The molecule has 1 fully saturated rings. The van der Waals surface area contributed by atoms with Crippen molar-refractivity contribution in [3.63, 3.8) is 0 Å². The Hall–Kier alpha value is -1.11. The molecule has 6 nitrogen and oxygen atoms in total. The second kappa shape index (κ2) is 6.36. The molecule has 1 amide bonds. The van der Waals surface area contributed by atoms with E-state index in [1.54, 1.807) is 4.68 Å². The van der Waals surface area contributed by atoms with Gasteiger partial charge in [0.25, 0.3) is 5.91 Å². The molecule has 0 spiro atoms.